The van der Waals surface area contributed by atoms with Gasteiger partial charge in [0.1, 0.15) is 5.82 Å². The molecular formula is C17H17BrF3N3O. The molecule has 1 aliphatic heterocycles. The molecule has 0 radical (unpaired) electrons. The molecule has 0 amide bonds. The summed E-state index contributed by atoms with van der Waals surface area (Å²) in [5, 5.41) is 10.0. The molecule has 3 rings (SSSR count). The number of aromatic nitrogens is 2. The van der Waals surface area contributed by atoms with E-state index in [4.69, 9.17) is 4.74 Å². The number of benzene rings is 1. The van der Waals surface area contributed by atoms with Crippen LogP contribution >= 0.6 is 15.9 Å². The minimum absolute atomic E-state index is 0.160. The molecule has 134 valence electrons. The fourth-order valence-electron chi connectivity index (χ4n) is 2.99. The molecule has 8 heteroatoms. The molecule has 1 aliphatic rings. The van der Waals surface area contributed by atoms with Crippen LogP contribution in [0.25, 0.3) is 0 Å². The number of ether oxygens (including phenoxy) is 1. The highest BCUT2D eigenvalue weighted by atomic mass is 79.9. The molecule has 1 aromatic heterocycles. The third kappa shape index (κ3) is 4.30. The lowest BCUT2D eigenvalue weighted by Crippen LogP contribution is -2.40. The summed E-state index contributed by atoms with van der Waals surface area (Å²) >= 11 is 3.49. The highest BCUT2D eigenvalue weighted by Crippen LogP contribution is 2.36. The second-order valence-corrected chi connectivity index (χ2v) is 6.97. The van der Waals surface area contributed by atoms with E-state index in [1.165, 1.54) is 6.07 Å². The standard InChI is InChI=1S/C17H17BrF3N3O/c18-13-3-1-2-12(10-13)16(6-8-25-9-7-16)11-22-15-5-4-14(23-24-15)17(19,20)21/h1-5,10H,6-9,11H2,(H,22,24). The van der Waals surface area contributed by atoms with Crippen LogP contribution in [-0.2, 0) is 16.3 Å². The van der Waals surface area contributed by atoms with Crippen molar-refractivity contribution in [1.82, 2.24) is 10.2 Å². The van der Waals surface area contributed by atoms with Crippen LogP contribution in [0, 0.1) is 0 Å². The van der Waals surface area contributed by atoms with Gasteiger partial charge in [-0.3, -0.25) is 0 Å². The average molecular weight is 416 g/mol. The Kier molecular flexibility index (Phi) is 5.29. The van der Waals surface area contributed by atoms with Gasteiger partial charge in [0.2, 0.25) is 0 Å². The molecule has 0 saturated carbocycles. The van der Waals surface area contributed by atoms with Crippen LogP contribution in [-0.4, -0.2) is 30.0 Å². The van der Waals surface area contributed by atoms with Crippen LogP contribution in [0.3, 0.4) is 0 Å². The molecule has 2 heterocycles. The van der Waals surface area contributed by atoms with Crippen LogP contribution in [0.2, 0.25) is 0 Å². The van der Waals surface area contributed by atoms with E-state index in [1.807, 2.05) is 12.1 Å². The van der Waals surface area contributed by atoms with Crippen molar-refractivity contribution < 1.29 is 17.9 Å². The van der Waals surface area contributed by atoms with Crippen molar-refractivity contribution in [1.29, 1.82) is 0 Å². The molecule has 0 unspecified atom stereocenters. The monoisotopic (exact) mass is 415 g/mol. The lowest BCUT2D eigenvalue weighted by atomic mass is 9.74. The number of anilines is 1. The van der Waals surface area contributed by atoms with Crippen molar-refractivity contribution in [2.45, 2.75) is 24.4 Å². The summed E-state index contributed by atoms with van der Waals surface area (Å²) in [4.78, 5) is 0. The van der Waals surface area contributed by atoms with Gasteiger partial charge >= 0.3 is 6.18 Å². The van der Waals surface area contributed by atoms with Gasteiger partial charge in [-0.25, -0.2) is 0 Å². The number of hydrogen-bond donors (Lipinski definition) is 1. The van der Waals surface area contributed by atoms with E-state index < -0.39 is 11.9 Å². The van der Waals surface area contributed by atoms with Crippen LogP contribution in [0.5, 0.6) is 0 Å². The maximum absolute atomic E-state index is 12.6. The lowest BCUT2D eigenvalue weighted by molar-refractivity contribution is -0.141. The fraction of sp³-hybridized carbons (Fsp3) is 0.412. The second kappa shape index (κ2) is 7.29. The van der Waals surface area contributed by atoms with Gasteiger partial charge in [0, 0.05) is 29.6 Å². The van der Waals surface area contributed by atoms with Crippen molar-refractivity contribution in [3.05, 3.63) is 52.1 Å². The maximum Gasteiger partial charge on any atom is 0.435 e. The first-order valence-electron chi connectivity index (χ1n) is 7.88. The number of halogens is 4. The highest BCUT2D eigenvalue weighted by Gasteiger charge is 2.35. The Morgan fingerprint density at radius 3 is 2.48 bits per heavy atom. The van der Waals surface area contributed by atoms with Gasteiger partial charge < -0.3 is 10.1 Å². The van der Waals surface area contributed by atoms with E-state index in [1.54, 1.807) is 0 Å². The highest BCUT2D eigenvalue weighted by molar-refractivity contribution is 9.10. The van der Waals surface area contributed by atoms with Crippen molar-refractivity contribution in [3.63, 3.8) is 0 Å². The first-order valence-corrected chi connectivity index (χ1v) is 8.67. The predicted octanol–water partition coefficient (Wildman–Crippen LogP) is 4.42. The zero-order valence-corrected chi connectivity index (χ0v) is 14.9. The van der Waals surface area contributed by atoms with E-state index >= 15 is 0 Å². The summed E-state index contributed by atoms with van der Waals surface area (Å²) in [7, 11) is 0. The van der Waals surface area contributed by atoms with E-state index in [0.717, 1.165) is 28.9 Å². The SMILES string of the molecule is FC(F)(F)c1ccc(NCC2(c3cccc(Br)c3)CCOCC2)nn1. The number of nitrogens with one attached hydrogen (secondary N) is 1. The molecule has 0 spiro atoms. The molecule has 0 aliphatic carbocycles. The number of alkyl halides is 3. The quantitative estimate of drug-likeness (QED) is 0.802. The van der Waals surface area contributed by atoms with Gasteiger partial charge in [-0.15, -0.1) is 10.2 Å². The van der Waals surface area contributed by atoms with E-state index in [-0.39, 0.29) is 5.41 Å². The Labute approximate surface area is 151 Å². The molecular weight excluding hydrogens is 399 g/mol. The Balaban J connectivity index is 1.77. The largest absolute Gasteiger partial charge is 0.435 e. The fourth-order valence-corrected chi connectivity index (χ4v) is 3.38. The zero-order chi connectivity index (χ0) is 17.9. The van der Waals surface area contributed by atoms with Gasteiger partial charge in [-0.2, -0.15) is 13.2 Å². The summed E-state index contributed by atoms with van der Waals surface area (Å²) in [5.41, 5.74) is 0.00947. The molecule has 1 N–H and O–H groups in total. The summed E-state index contributed by atoms with van der Waals surface area (Å²) in [6, 6.07) is 10.3. The van der Waals surface area contributed by atoms with Crippen LogP contribution < -0.4 is 5.32 Å². The van der Waals surface area contributed by atoms with E-state index in [9.17, 15) is 13.2 Å². The number of rotatable bonds is 4. The summed E-state index contributed by atoms with van der Waals surface area (Å²) in [6.45, 7) is 1.84. The molecule has 1 aromatic carbocycles. The smallest absolute Gasteiger partial charge is 0.381 e. The topological polar surface area (TPSA) is 47.0 Å². The minimum Gasteiger partial charge on any atom is -0.381 e. The molecule has 0 atom stereocenters. The molecule has 4 nitrogen and oxygen atoms in total. The van der Waals surface area contributed by atoms with Gasteiger partial charge in [0.25, 0.3) is 0 Å². The van der Waals surface area contributed by atoms with Gasteiger partial charge in [0.15, 0.2) is 5.69 Å². The first kappa shape index (κ1) is 18.1. The Morgan fingerprint density at radius 2 is 1.88 bits per heavy atom. The summed E-state index contributed by atoms with van der Waals surface area (Å²) in [5.74, 6) is 0.328. The van der Waals surface area contributed by atoms with Crippen molar-refractivity contribution >= 4 is 21.7 Å². The first-order chi connectivity index (χ1) is 11.9. The van der Waals surface area contributed by atoms with Gasteiger partial charge in [-0.1, -0.05) is 28.1 Å². The summed E-state index contributed by atoms with van der Waals surface area (Å²) in [6.07, 6.45) is -2.83. The Bertz CT molecular complexity index is 716. The molecule has 1 fully saturated rings. The third-order valence-corrected chi connectivity index (χ3v) is 4.94. The number of nitrogens with zero attached hydrogens (tertiary/aromatic N) is 2. The van der Waals surface area contributed by atoms with Gasteiger partial charge in [-0.05, 0) is 42.7 Å². The van der Waals surface area contributed by atoms with Crippen molar-refractivity contribution in [3.8, 4) is 0 Å². The lowest BCUT2D eigenvalue weighted by Gasteiger charge is -2.38. The third-order valence-electron chi connectivity index (χ3n) is 4.45. The average Bonchev–Trinajstić information content (AvgIpc) is 2.60. The summed E-state index contributed by atoms with van der Waals surface area (Å²) < 4.78 is 44.2. The molecule has 1 saturated heterocycles. The van der Waals surface area contributed by atoms with E-state index in [2.05, 4.69) is 43.6 Å². The molecule has 25 heavy (non-hydrogen) atoms. The molecule has 0 bridgehead atoms. The minimum atomic E-state index is -4.48. The van der Waals surface area contributed by atoms with Crippen LogP contribution in [0.15, 0.2) is 40.9 Å². The predicted molar refractivity (Wildman–Crippen MR) is 91.4 cm³/mol. The zero-order valence-electron chi connectivity index (χ0n) is 13.3. The van der Waals surface area contributed by atoms with E-state index in [0.29, 0.717) is 25.6 Å². The Morgan fingerprint density at radius 1 is 1.12 bits per heavy atom. The van der Waals surface area contributed by atoms with Crippen molar-refractivity contribution in [2.24, 2.45) is 0 Å². The Hall–Kier alpha value is -1.67. The normalized spacial score (nSPS) is 17.3. The van der Waals surface area contributed by atoms with Gasteiger partial charge in [0.05, 0.1) is 0 Å². The maximum atomic E-state index is 12.6. The number of hydrogen-bond acceptors (Lipinski definition) is 4. The van der Waals surface area contributed by atoms with Crippen LogP contribution in [0.1, 0.15) is 24.1 Å². The van der Waals surface area contributed by atoms with Crippen LogP contribution in [0.4, 0.5) is 19.0 Å². The second-order valence-electron chi connectivity index (χ2n) is 6.06. The molecule has 2 aromatic rings. The van der Waals surface area contributed by atoms with Crippen molar-refractivity contribution in [2.75, 3.05) is 25.1 Å².